The summed E-state index contributed by atoms with van der Waals surface area (Å²) >= 11 is 0. The maximum atomic E-state index is 13.1. The van der Waals surface area contributed by atoms with Gasteiger partial charge in [-0.25, -0.2) is 0 Å². The van der Waals surface area contributed by atoms with Gasteiger partial charge in [0.2, 0.25) is 11.8 Å². The van der Waals surface area contributed by atoms with E-state index in [1.165, 1.54) is 0 Å². The lowest BCUT2D eigenvalue weighted by molar-refractivity contribution is -0.146. The van der Waals surface area contributed by atoms with E-state index < -0.39 is 5.72 Å². The minimum absolute atomic E-state index is 0.0226. The molecule has 0 radical (unpaired) electrons. The highest BCUT2D eigenvalue weighted by molar-refractivity contribution is 5.85. The van der Waals surface area contributed by atoms with E-state index in [1.807, 2.05) is 40.1 Å². The minimum Gasteiger partial charge on any atom is -0.381 e. The maximum Gasteiger partial charge on any atom is 0.227 e. The van der Waals surface area contributed by atoms with E-state index in [0.717, 1.165) is 18.4 Å². The number of benzene rings is 1. The molecule has 5 rings (SSSR count). The van der Waals surface area contributed by atoms with Crippen molar-refractivity contribution in [2.75, 3.05) is 26.3 Å². The first-order chi connectivity index (χ1) is 12.7. The molecule has 3 atom stereocenters. The SMILES string of the molecule is O=C(C1CCOCC1)N1CC[C@@]23O[C@@H](c4ccccc4)CN2C(=O)C[C@@H]13. The van der Waals surface area contributed by atoms with Gasteiger partial charge in [-0.05, 0) is 18.4 Å². The van der Waals surface area contributed by atoms with E-state index in [0.29, 0.717) is 39.1 Å². The van der Waals surface area contributed by atoms with Gasteiger partial charge in [-0.3, -0.25) is 9.59 Å². The highest BCUT2D eigenvalue weighted by Gasteiger charge is 2.65. The van der Waals surface area contributed by atoms with Gasteiger partial charge in [-0.15, -0.1) is 0 Å². The molecule has 1 spiro atoms. The standard InChI is InChI=1S/C20H24N2O4/c23-18-12-17-20(8-9-21(17)19(24)15-6-10-25-11-7-15)22(18)13-16(26-20)14-4-2-1-3-5-14/h1-5,15-17H,6-13H2/t16-,17-,20+/m1/s1. The Hall–Kier alpha value is -1.92. The van der Waals surface area contributed by atoms with Crippen LogP contribution in [0.15, 0.2) is 30.3 Å². The second-order valence-corrected chi connectivity index (χ2v) is 7.75. The Labute approximate surface area is 153 Å². The smallest absolute Gasteiger partial charge is 0.227 e. The summed E-state index contributed by atoms with van der Waals surface area (Å²) in [7, 11) is 0. The predicted molar refractivity (Wildman–Crippen MR) is 93.0 cm³/mol. The Morgan fingerprint density at radius 2 is 1.92 bits per heavy atom. The van der Waals surface area contributed by atoms with Gasteiger partial charge < -0.3 is 19.3 Å². The maximum absolute atomic E-state index is 13.1. The second-order valence-electron chi connectivity index (χ2n) is 7.75. The number of rotatable bonds is 2. The van der Waals surface area contributed by atoms with Crippen molar-refractivity contribution < 1.29 is 19.1 Å². The van der Waals surface area contributed by atoms with E-state index in [9.17, 15) is 9.59 Å². The summed E-state index contributed by atoms with van der Waals surface area (Å²) in [4.78, 5) is 29.6. The number of carbonyl (C=O) groups excluding carboxylic acids is 2. The molecule has 2 amide bonds. The van der Waals surface area contributed by atoms with Crippen molar-refractivity contribution in [1.82, 2.24) is 9.80 Å². The van der Waals surface area contributed by atoms with Gasteiger partial charge in [-0.1, -0.05) is 30.3 Å². The molecule has 4 aliphatic heterocycles. The summed E-state index contributed by atoms with van der Waals surface area (Å²) < 4.78 is 11.9. The molecule has 4 heterocycles. The van der Waals surface area contributed by atoms with Crippen molar-refractivity contribution in [3.8, 4) is 0 Å². The summed E-state index contributed by atoms with van der Waals surface area (Å²) in [6.07, 6.45) is 2.54. The Balaban J connectivity index is 1.39. The normalized spacial score (nSPS) is 34.2. The summed E-state index contributed by atoms with van der Waals surface area (Å²) in [6.45, 7) is 2.56. The Bertz CT molecular complexity index is 718. The molecular formula is C20H24N2O4. The summed E-state index contributed by atoms with van der Waals surface area (Å²) in [5.41, 5.74) is 0.468. The van der Waals surface area contributed by atoms with Crippen LogP contribution in [0.3, 0.4) is 0 Å². The number of carbonyl (C=O) groups is 2. The quantitative estimate of drug-likeness (QED) is 0.810. The van der Waals surface area contributed by atoms with E-state index in [-0.39, 0.29) is 29.9 Å². The first-order valence-corrected chi connectivity index (χ1v) is 9.60. The molecular weight excluding hydrogens is 332 g/mol. The van der Waals surface area contributed by atoms with Crippen LogP contribution < -0.4 is 0 Å². The summed E-state index contributed by atoms with van der Waals surface area (Å²) in [5, 5.41) is 0. The Morgan fingerprint density at radius 1 is 1.15 bits per heavy atom. The predicted octanol–water partition coefficient (Wildman–Crippen LogP) is 1.71. The van der Waals surface area contributed by atoms with Gasteiger partial charge in [0.25, 0.3) is 0 Å². The van der Waals surface area contributed by atoms with Crippen molar-refractivity contribution in [3.63, 3.8) is 0 Å². The molecule has 4 aliphatic rings. The zero-order valence-electron chi connectivity index (χ0n) is 14.8. The summed E-state index contributed by atoms with van der Waals surface area (Å²) in [6, 6.07) is 9.91. The van der Waals surface area contributed by atoms with E-state index in [4.69, 9.17) is 9.47 Å². The molecule has 6 heteroatoms. The van der Waals surface area contributed by atoms with Gasteiger partial charge in [0.1, 0.15) is 6.10 Å². The zero-order chi connectivity index (χ0) is 17.7. The first kappa shape index (κ1) is 16.3. The lowest BCUT2D eigenvalue weighted by Crippen LogP contribution is -2.50. The topological polar surface area (TPSA) is 59.1 Å². The number of amides is 2. The fourth-order valence-corrected chi connectivity index (χ4v) is 5.11. The minimum atomic E-state index is -0.627. The van der Waals surface area contributed by atoms with Crippen LogP contribution >= 0.6 is 0 Å². The van der Waals surface area contributed by atoms with Crippen LogP contribution in [0.25, 0.3) is 0 Å². The average Bonchev–Trinajstić information content (AvgIpc) is 3.31. The number of ether oxygens (including phenoxy) is 2. The molecule has 1 aromatic carbocycles. The lowest BCUT2D eigenvalue weighted by atomic mass is 9.97. The fraction of sp³-hybridized carbons (Fsp3) is 0.600. The molecule has 26 heavy (non-hydrogen) atoms. The number of nitrogens with zero attached hydrogens (tertiary/aromatic N) is 2. The summed E-state index contributed by atoms with van der Waals surface area (Å²) in [5.74, 6) is 0.309. The van der Waals surface area contributed by atoms with Gasteiger partial charge in [-0.2, -0.15) is 0 Å². The molecule has 0 saturated carbocycles. The molecule has 138 valence electrons. The van der Waals surface area contributed by atoms with Crippen molar-refractivity contribution in [3.05, 3.63) is 35.9 Å². The third kappa shape index (κ3) is 2.32. The fourth-order valence-electron chi connectivity index (χ4n) is 5.11. The molecule has 6 nitrogen and oxygen atoms in total. The zero-order valence-corrected chi connectivity index (χ0v) is 14.8. The molecule has 0 N–H and O–H groups in total. The number of hydrogen-bond acceptors (Lipinski definition) is 4. The number of hydrogen-bond donors (Lipinski definition) is 0. The Kier molecular flexibility index (Phi) is 3.79. The number of likely N-dealkylation sites (tertiary alicyclic amines) is 1. The van der Waals surface area contributed by atoms with Crippen molar-refractivity contribution >= 4 is 11.8 Å². The highest BCUT2D eigenvalue weighted by Crippen LogP contribution is 2.51. The lowest BCUT2D eigenvalue weighted by Gasteiger charge is -2.34. The van der Waals surface area contributed by atoms with Crippen LogP contribution in [0.5, 0.6) is 0 Å². The molecule has 0 unspecified atom stereocenters. The van der Waals surface area contributed by atoms with Gasteiger partial charge in [0, 0.05) is 32.1 Å². The van der Waals surface area contributed by atoms with E-state index >= 15 is 0 Å². The Morgan fingerprint density at radius 3 is 2.69 bits per heavy atom. The third-order valence-corrected chi connectivity index (χ3v) is 6.45. The van der Waals surface area contributed by atoms with Crippen molar-refractivity contribution in [2.24, 2.45) is 5.92 Å². The van der Waals surface area contributed by atoms with Gasteiger partial charge in [0.05, 0.1) is 19.0 Å². The molecule has 0 aliphatic carbocycles. The molecule has 4 fully saturated rings. The van der Waals surface area contributed by atoms with Crippen LogP contribution in [0.4, 0.5) is 0 Å². The van der Waals surface area contributed by atoms with Crippen LogP contribution in [-0.2, 0) is 19.1 Å². The van der Waals surface area contributed by atoms with Crippen LogP contribution in [0.2, 0.25) is 0 Å². The van der Waals surface area contributed by atoms with Crippen molar-refractivity contribution in [2.45, 2.75) is 43.6 Å². The largest absolute Gasteiger partial charge is 0.381 e. The van der Waals surface area contributed by atoms with Gasteiger partial charge >= 0.3 is 0 Å². The van der Waals surface area contributed by atoms with Crippen LogP contribution in [-0.4, -0.2) is 59.7 Å². The average molecular weight is 356 g/mol. The van der Waals surface area contributed by atoms with Gasteiger partial charge in [0.15, 0.2) is 5.72 Å². The van der Waals surface area contributed by atoms with E-state index in [1.54, 1.807) is 0 Å². The first-order valence-electron chi connectivity index (χ1n) is 9.60. The molecule has 1 aromatic rings. The van der Waals surface area contributed by atoms with Crippen molar-refractivity contribution in [1.29, 1.82) is 0 Å². The monoisotopic (exact) mass is 356 g/mol. The third-order valence-electron chi connectivity index (χ3n) is 6.45. The van der Waals surface area contributed by atoms with Crippen LogP contribution in [0, 0.1) is 5.92 Å². The molecule has 0 aromatic heterocycles. The van der Waals surface area contributed by atoms with E-state index in [2.05, 4.69) is 0 Å². The van der Waals surface area contributed by atoms with Crippen LogP contribution in [0.1, 0.15) is 37.4 Å². The highest BCUT2D eigenvalue weighted by atomic mass is 16.5. The second kappa shape index (κ2) is 6.06. The molecule has 0 bridgehead atoms. The molecule has 4 saturated heterocycles.